The molecule has 0 spiro atoms. The maximum Gasteiger partial charge on any atom is 0.191 e. The van der Waals surface area contributed by atoms with E-state index in [4.69, 9.17) is 9.73 Å². The van der Waals surface area contributed by atoms with Crippen molar-refractivity contribution in [2.75, 3.05) is 18.9 Å². The molecule has 2 aliphatic carbocycles. The zero-order chi connectivity index (χ0) is 16.4. The Kier molecular flexibility index (Phi) is 5.46. The lowest BCUT2D eigenvalue weighted by molar-refractivity contribution is -0.106. The van der Waals surface area contributed by atoms with Gasteiger partial charge in [-0.25, -0.2) is 0 Å². The average Bonchev–Trinajstić information content (AvgIpc) is 3.13. The number of hydrogen-bond donors (Lipinski definition) is 2. The standard InChI is InChI=1S/C18H33N3OS/c1-5-19-17(20-12-7-8-13(11-12)23-6-2)21-15-14-9-10-22-16(14)18(15,3)4/h12-16H,5-11H2,1-4H3,(H2,19,20,21). The van der Waals surface area contributed by atoms with Crippen LogP contribution in [0.2, 0.25) is 0 Å². The first kappa shape index (κ1) is 17.4. The highest BCUT2D eigenvalue weighted by Crippen LogP contribution is 2.52. The van der Waals surface area contributed by atoms with E-state index >= 15 is 0 Å². The molecule has 1 aliphatic heterocycles. The summed E-state index contributed by atoms with van der Waals surface area (Å²) in [5.41, 5.74) is 0.202. The molecule has 0 aromatic carbocycles. The highest BCUT2D eigenvalue weighted by Gasteiger charge is 2.59. The molecule has 0 amide bonds. The third-order valence-electron chi connectivity index (χ3n) is 5.84. The Bertz CT molecular complexity index is 440. The van der Waals surface area contributed by atoms with Crippen molar-refractivity contribution in [1.82, 2.24) is 10.6 Å². The number of aliphatic imine (C=N–C) groups is 1. The first-order valence-corrected chi connectivity index (χ1v) is 10.4. The van der Waals surface area contributed by atoms with Gasteiger partial charge < -0.3 is 15.4 Å². The number of fused-ring (bicyclic) bond motifs is 1. The minimum Gasteiger partial charge on any atom is -0.377 e. The van der Waals surface area contributed by atoms with E-state index in [1.807, 2.05) is 0 Å². The van der Waals surface area contributed by atoms with Crippen LogP contribution in [0.3, 0.4) is 0 Å². The van der Waals surface area contributed by atoms with Crippen LogP contribution in [0.25, 0.3) is 0 Å². The highest BCUT2D eigenvalue weighted by atomic mass is 32.2. The minimum atomic E-state index is 0.202. The van der Waals surface area contributed by atoms with E-state index in [2.05, 4.69) is 50.1 Å². The van der Waals surface area contributed by atoms with Gasteiger partial charge in [-0.1, -0.05) is 20.8 Å². The first-order chi connectivity index (χ1) is 11.1. The predicted octanol–water partition coefficient (Wildman–Crippen LogP) is 3.03. The quantitative estimate of drug-likeness (QED) is 0.597. The highest BCUT2D eigenvalue weighted by molar-refractivity contribution is 7.99. The van der Waals surface area contributed by atoms with Gasteiger partial charge in [0.25, 0.3) is 0 Å². The van der Waals surface area contributed by atoms with Crippen LogP contribution in [0.4, 0.5) is 0 Å². The number of thioether (sulfide) groups is 1. The van der Waals surface area contributed by atoms with Gasteiger partial charge in [-0.2, -0.15) is 11.8 Å². The zero-order valence-electron chi connectivity index (χ0n) is 15.1. The Morgan fingerprint density at radius 3 is 2.78 bits per heavy atom. The maximum absolute atomic E-state index is 5.91. The molecule has 0 radical (unpaired) electrons. The molecule has 3 rings (SSSR count). The summed E-state index contributed by atoms with van der Waals surface area (Å²) in [5.74, 6) is 2.90. The van der Waals surface area contributed by atoms with E-state index in [-0.39, 0.29) is 5.41 Å². The van der Waals surface area contributed by atoms with Crippen molar-refractivity contribution < 1.29 is 4.74 Å². The molecule has 5 unspecified atom stereocenters. The fourth-order valence-electron chi connectivity index (χ4n) is 4.71. The van der Waals surface area contributed by atoms with Crippen molar-refractivity contribution in [3.8, 4) is 0 Å². The summed E-state index contributed by atoms with van der Waals surface area (Å²) in [5, 5.41) is 8.28. The molecule has 0 aromatic heterocycles. The normalized spacial score (nSPS) is 39.0. The van der Waals surface area contributed by atoms with Gasteiger partial charge in [-0.05, 0) is 38.4 Å². The Morgan fingerprint density at radius 2 is 2.04 bits per heavy atom. The lowest BCUT2D eigenvalue weighted by atomic mass is 9.57. The van der Waals surface area contributed by atoms with Gasteiger partial charge in [0.05, 0.1) is 6.10 Å². The van der Waals surface area contributed by atoms with Crippen LogP contribution < -0.4 is 10.6 Å². The molecule has 0 bridgehead atoms. The summed E-state index contributed by atoms with van der Waals surface area (Å²) in [4.78, 5) is 4.71. The average molecular weight is 340 g/mol. The van der Waals surface area contributed by atoms with Crippen molar-refractivity contribution in [3.05, 3.63) is 0 Å². The van der Waals surface area contributed by atoms with Crippen LogP contribution in [0, 0.1) is 11.3 Å². The number of rotatable bonds is 5. The lowest BCUT2D eigenvalue weighted by Crippen LogP contribution is -2.68. The molecular formula is C18H33N3OS. The number of nitrogens with zero attached hydrogens (tertiary/aromatic N) is 1. The molecule has 5 atom stereocenters. The number of hydrogen-bond acceptors (Lipinski definition) is 3. The second-order valence-electron chi connectivity index (χ2n) is 7.74. The monoisotopic (exact) mass is 339 g/mol. The van der Waals surface area contributed by atoms with E-state index in [9.17, 15) is 0 Å². The first-order valence-electron chi connectivity index (χ1n) is 9.37. The number of nitrogens with one attached hydrogen (secondary N) is 2. The SMILES string of the molecule is CCN=C(NC1CCC(SCC)C1)NC1C2CCOC2C1(C)C. The largest absolute Gasteiger partial charge is 0.377 e. The summed E-state index contributed by atoms with van der Waals surface area (Å²) in [7, 11) is 0. The summed E-state index contributed by atoms with van der Waals surface area (Å²) < 4.78 is 5.91. The van der Waals surface area contributed by atoms with Crippen LogP contribution >= 0.6 is 11.8 Å². The Hall–Kier alpha value is -0.420. The van der Waals surface area contributed by atoms with Crippen LogP contribution in [0.1, 0.15) is 53.4 Å². The fourth-order valence-corrected chi connectivity index (χ4v) is 5.85. The molecule has 5 heteroatoms. The molecule has 132 valence electrons. The molecule has 3 fully saturated rings. The molecule has 0 aromatic rings. The van der Waals surface area contributed by atoms with Crippen molar-refractivity contribution in [2.45, 2.75) is 76.8 Å². The maximum atomic E-state index is 5.91. The molecule has 23 heavy (non-hydrogen) atoms. The van der Waals surface area contributed by atoms with Gasteiger partial charge in [0.1, 0.15) is 0 Å². The molecular weight excluding hydrogens is 306 g/mol. The lowest BCUT2D eigenvalue weighted by Gasteiger charge is -2.55. The topological polar surface area (TPSA) is 45.7 Å². The predicted molar refractivity (Wildman–Crippen MR) is 99.2 cm³/mol. The third-order valence-corrected chi connectivity index (χ3v) is 7.07. The molecule has 4 nitrogen and oxygen atoms in total. The second kappa shape index (κ2) is 7.22. The van der Waals surface area contributed by atoms with E-state index in [0.29, 0.717) is 24.1 Å². The Balaban J connectivity index is 1.57. The smallest absolute Gasteiger partial charge is 0.191 e. The van der Waals surface area contributed by atoms with Gasteiger partial charge in [-0.3, -0.25) is 4.99 Å². The summed E-state index contributed by atoms with van der Waals surface area (Å²) in [6.07, 6.45) is 5.49. The molecule has 2 N–H and O–H groups in total. The molecule has 3 aliphatic rings. The van der Waals surface area contributed by atoms with E-state index < -0.39 is 0 Å². The number of ether oxygens (including phenoxy) is 1. The summed E-state index contributed by atoms with van der Waals surface area (Å²) in [6, 6.07) is 1.06. The molecule has 1 heterocycles. The molecule has 1 saturated heterocycles. The minimum absolute atomic E-state index is 0.202. The summed E-state index contributed by atoms with van der Waals surface area (Å²) in [6.45, 7) is 10.8. The van der Waals surface area contributed by atoms with Gasteiger partial charge in [0.2, 0.25) is 0 Å². The van der Waals surface area contributed by atoms with E-state index in [0.717, 1.165) is 24.4 Å². The van der Waals surface area contributed by atoms with Crippen LogP contribution in [0.5, 0.6) is 0 Å². The van der Waals surface area contributed by atoms with Gasteiger partial charge in [-0.15, -0.1) is 0 Å². The molecule has 2 saturated carbocycles. The van der Waals surface area contributed by atoms with Crippen molar-refractivity contribution in [3.63, 3.8) is 0 Å². The van der Waals surface area contributed by atoms with Gasteiger partial charge in [0, 0.05) is 41.8 Å². The van der Waals surface area contributed by atoms with Crippen molar-refractivity contribution >= 4 is 17.7 Å². The van der Waals surface area contributed by atoms with Crippen LogP contribution in [-0.2, 0) is 4.74 Å². The summed E-state index contributed by atoms with van der Waals surface area (Å²) >= 11 is 2.11. The second-order valence-corrected chi connectivity index (χ2v) is 9.32. The van der Waals surface area contributed by atoms with E-state index in [1.54, 1.807) is 0 Å². The van der Waals surface area contributed by atoms with Crippen LogP contribution in [-0.4, -0.2) is 48.3 Å². The Labute approximate surface area is 145 Å². The van der Waals surface area contributed by atoms with Crippen molar-refractivity contribution in [1.29, 1.82) is 0 Å². The van der Waals surface area contributed by atoms with Gasteiger partial charge in [0.15, 0.2) is 5.96 Å². The third kappa shape index (κ3) is 3.51. The zero-order valence-corrected chi connectivity index (χ0v) is 15.9. The van der Waals surface area contributed by atoms with E-state index in [1.165, 1.54) is 31.4 Å². The number of guanidine groups is 1. The fraction of sp³-hybridized carbons (Fsp3) is 0.944. The van der Waals surface area contributed by atoms with Crippen LogP contribution in [0.15, 0.2) is 4.99 Å². The van der Waals surface area contributed by atoms with Gasteiger partial charge >= 0.3 is 0 Å². The van der Waals surface area contributed by atoms with Crippen molar-refractivity contribution in [2.24, 2.45) is 16.3 Å². The Morgan fingerprint density at radius 1 is 1.22 bits per heavy atom.